The highest BCUT2D eigenvalue weighted by Gasteiger charge is 2.19. The lowest BCUT2D eigenvalue weighted by atomic mass is 10.1. The zero-order chi connectivity index (χ0) is 28.7. The summed E-state index contributed by atoms with van der Waals surface area (Å²) in [6.07, 6.45) is 1.62. The summed E-state index contributed by atoms with van der Waals surface area (Å²) in [5.41, 5.74) is 0.262. The molecule has 1 heterocycles. The quantitative estimate of drug-likeness (QED) is 0.366. The molecule has 0 radical (unpaired) electrons. The Hall–Kier alpha value is -4.08. The molecule has 0 saturated carbocycles. The largest absolute Gasteiger partial charge is 0.493 e. The Morgan fingerprint density at radius 1 is 0.949 bits per heavy atom. The van der Waals surface area contributed by atoms with Crippen molar-refractivity contribution >= 4 is 22.7 Å². The summed E-state index contributed by atoms with van der Waals surface area (Å²) < 4.78 is 13.1. The van der Waals surface area contributed by atoms with Gasteiger partial charge in [0.25, 0.3) is 11.5 Å². The molecule has 0 bridgehead atoms. The number of nitrogens with one attached hydrogen (secondary N) is 2. The van der Waals surface area contributed by atoms with E-state index in [0.717, 1.165) is 17.4 Å². The van der Waals surface area contributed by atoms with Gasteiger partial charge >= 0.3 is 5.69 Å². The minimum atomic E-state index is -0.627. The van der Waals surface area contributed by atoms with Crippen molar-refractivity contribution in [3.63, 3.8) is 0 Å². The smallest absolute Gasteiger partial charge is 0.332 e. The van der Waals surface area contributed by atoms with E-state index in [-0.39, 0.29) is 41.8 Å². The highest BCUT2D eigenvalue weighted by Crippen LogP contribution is 2.30. The lowest BCUT2D eigenvalue weighted by Crippen LogP contribution is -2.43. The summed E-state index contributed by atoms with van der Waals surface area (Å²) in [4.78, 5) is 52.3. The Kier molecular flexibility index (Phi) is 9.92. The molecular formula is C29H38N4O6. The molecule has 2 aromatic carbocycles. The van der Waals surface area contributed by atoms with E-state index in [0.29, 0.717) is 35.1 Å². The van der Waals surface area contributed by atoms with Crippen LogP contribution in [-0.2, 0) is 17.9 Å². The second-order valence-electron chi connectivity index (χ2n) is 10.00. The van der Waals surface area contributed by atoms with Crippen LogP contribution in [-0.4, -0.2) is 47.8 Å². The molecule has 1 atom stereocenters. The van der Waals surface area contributed by atoms with Crippen molar-refractivity contribution < 1.29 is 19.1 Å². The number of carbonyl (C=O) groups excluding carboxylic acids is 2. The fourth-order valence-corrected chi connectivity index (χ4v) is 4.09. The molecule has 0 unspecified atom stereocenters. The number of rotatable bonds is 12. The Bertz CT molecular complexity index is 1440. The first kappa shape index (κ1) is 29.5. The lowest BCUT2D eigenvalue weighted by Gasteiger charge is -2.17. The summed E-state index contributed by atoms with van der Waals surface area (Å²) >= 11 is 0. The van der Waals surface area contributed by atoms with E-state index in [9.17, 15) is 19.2 Å². The number of amides is 2. The van der Waals surface area contributed by atoms with Crippen LogP contribution in [0.1, 0.15) is 56.5 Å². The van der Waals surface area contributed by atoms with Gasteiger partial charge in [0.2, 0.25) is 5.91 Å². The SMILES string of the molecule is CC[C@H](C)NC(=O)c1ccc(Cn2c(=O)c3cc(OC)c(OC)cc3n(CC(=O)NCCC(C)C)c2=O)cc1. The third-order valence-electron chi connectivity index (χ3n) is 6.62. The minimum absolute atomic E-state index is 0.0375. The van der Waals surface area contributed by atoms with Gasteiger partial charge in [-0.3, -0.25) is 23.5 Å². The van der Waals surface area contributed by atoms with Crippen LogP contribution >= 0.6 is 0 Å². The van der Waals surface area contributed by atoms with Crippen molar-refractivity contribution in [2.75, 3.05) is 20.8 Å². The summed E-state index contributed by atoms with van der Waals surface area (Å²) in [6.45, 7) is 8.22. The van der Waals surface area contributed by atoms with Gasteiger partial charge in [0, 0.05) is 24.2 Å². The second kappa shape index (κ2) is 13.1. The third-order valence-corrected chi connectivity index (χ3v) is 6.62. The predicted octanol–water partition coefficient (Wildman–Crippen LogP) is 2.92. The van der Waals surface area contributed by atoms with E-state index in [2.05, 4.69) is 24.5 Å². The summed E-state index contributed by atoms with van der Waals surface area (Å²) in [7, 11) is 2.91. The molecule has 0 fully saturated rings. The van der Waals surface area contributed by atoms with Crippen LogP contribution in [0.2, 0.25) is 0 Å². The Labute approximate surface area is 227 Å². The molecular weight excluding hydrogens is 500 g/mol. The van der Waals surface area contributed by atoms with Gasteiger partial charge in [-0.1, -0.05) is 32.9 Å². The molecule has 0 aliphatic carbocycles. The number of fused-ring (bicyclic) bond motifs is 1. The van der Waals surface area contributed by atoms with Crippen LogP contribution in [0.3, 0.4) is 0 Å². The van der Waals surface area contributed by atoms with Crippen LogP contribution in [0.25, 0.3) is 10.9 Å². The maximum absolute atomic E-state index is 13.6. The fourth-order valence-electron chi connectivity index (χ4n) is 4.09. The Morgan fingerprint density at radius 2 is 1.59 bits per heavy atom. The summed E-state index contributed by atoms with van der Waals surface area (Å²) in [5.74, 6) is 0.556. The number of ether oxygens (including phenoxy) is 2. The van der Waals surface area contributed by atoms with E-state index < -0.39 is 11.2 Å². The highest BCUT2D eigenvalue weighted by atomic mass is 16.5. The molecule has 210 valence electrons. The molecule has 39 heavy (non-hydrogen) atoms. The highest BCUT2D eigenvalue weighted by molar-refractivity contribution is 5.94. The zero-order valence-electron chi connectivity index (χ0n) is 23.5. The van der Waals surface area contributed by atoms with Crippen molar-refractivity contribution in [3.05, 3.63) is 68.4 Å². The molecule has 10 nitrogen and oxygen atoms in total. The van der Waals surface area contributed by atoms with Gasteiger partial charge < -0.3 is 20.1 Å². The Balaban J connectivity index is 2.04. The van der Waals surface area contributed by atoms with Crippen LogP contribution in [0, 0.1) is 5.92 Å². The normalized spacial score (nSPS) is 11.9. The molecule has 0 saturated heterocycles. The fraction of sp³-hybridized carbons (Fsp3) is 0.448. The van der Waals surface area contributed by atoms with Gasteiger partial charge in [-0.05, 0) is 49.4 Å². The van der Waals surface area contributed by atoms with Gasteiger partial charge in [0.1, 0.15) is 6.54 Å². The molecule has 2 amide bonds. The van der Waals surface area contributed by atoms with E-state index >= 15 is 0 Å². The average Bonchev–Trinajstić information content (AvgIpc) is 2.92. The number of benzene rings is 2. The molecule has 2 N–H and O–H groups in total. The second-order valence-corrected chi connectivity index (χ2v) is 10.00. The van der Waals surface area contributed by atoms with Crippen LogP contribution in [0.15, 0.2) is 46.0 Å². The minimum Gasteiger partial charge on any atom is -0.493 e. The van der Waals surface area contributed by atoms with Gasteiger partial charge in [0.15, 0.2) is 11.5 Å². The van der Waals surface area contributed by atoms with Crippen molar-refractivity contribution in [1.82, 2.24) is 19.8 Å². The number of aromatic nitrogens is 2. The Morgan fingerprint density at radius 3 is 2.18 bits per heavy atom. The number of hydrogen-bond donors (Lipinski definition) is 2. The van der Waals surface area contributed by atoms with E-state index in [1.54, 1.807) is 24.3 Å². The van der Waals surface area contributed by atoms with Crippen molar-refractivity contribution in [2.45, 2.75) is 59.7 Å². The molecule has 0 aliphatic rings. The van der Waals surface area contributed by atoms with Crippen LogP contribution in [0.5, 0.6) is 11.5 Å². The van der Waals surface area contributed by atoms with E-state index in [4.69, 9.17) is 9.47 Å². The molecule has 0 aliphatic heterocycles. The van der Waals surface area contributed by atoms with Crippen molar-refractivity contribution in [2.24, 2.45) is 5.92 Å². The maximum Gasteiger partial charge on any atom is 0.332 e. The average molecular weight is 539 g/mol. The predicted molar refractivity (Wildman–Crippen MR) is 151 cm³/mol. The number of carbonyl (C=O) groups is 2. The summed E-state index contributed by atoms with van der Waals surface area (Å²) in [5, 5.41) is 5.97. The summed E-state index contributed by atoms with van der Waals surface area (Å²) in [6, 6.07) is 9.83. The first-order valence-electron chi connectivity index (χ1n) is 13.1. The van der Waals surface area contributed by atoms with Gasteiger partial charge in [0.05, 0.1) is 31.7 Å². The number of methoxy groups -OCH3 is 2. The van der Waals surface area contributed by atoms with Crippen LogP contribution in [0.4, 0.5) is 0 Å². The zero-order valence-corrected chi connectivity index (χ0v) is 23.5. The first-order valence-corrected chi connectivity index (χ1v) is 13.1. The third kappa shape index (κ3) is 7.07. The van der Waals surface area contributed by atoms with E-state index in [1.165, 1.54) is 30.9 Å². The van der Waals surface area contributed by atoms with E-state index in [1.807, 2.05) is 13.8 Å². The molecule has 3 aromatic rings. The van der Waals surface area contributed by atoms with Gasteiger partial charge in [-0.25, -0.2) is 4.79 Å². The first-order chi connectivity index (χ1) is 18.6. The van der Waals surface area contributed by atoms with Crippen molar-refractivity contribution in [3.8, 4) is 11.5 Å². The topological polar surface area (TPSA) is 121 Å². The molecule has 1 aromatic heterocycles. The number of nitrogens with zero attached hydrogens (tertiary/aromatic N) is 2. The van der Waals surface area contributed by atoms with Crippen molar-refractivity contribution in [1.29, 1.82) is 0 Å². The molecule has 3 rings (SSSR count). The monoisotopic (exact) mass is 538 g/mol. The van der Waals surface area contributed by atoms with Gasteiger partial charge in [-0.15, -0.1) is 0 Å². The number of hydrogen-bond acceptors (Lipinski definition) is 6. The van der Waals surface area contributed by atoms with Crippen LogP contribution < -0.4 is 31.4 Å². The molecule has 10 heteroatoms. The van der Waals surface area contributed by atoms with Gasteiger partial charge in [-0.2, -0.15) is 0 Å². The maximum atomic E-state index is 13.6. The lowest BCUT2D eigenvalue weighted by molar-refractivity contribution is -0.121. The molecule has 0 spiro atoms. The standard InChI is InChI=1S/C29H38N4O6/c1-7-19(4)31-27(35)21-10-8-20(9-11-21)16-33-28(36)22-14-24(38-5)25(39-6)15-23(22)32(29(33)37)17-26(34)30-13-12-18(2)3/h8-11,14-15,18-19H,7,12-13,16-17H2,1-6H3,(H,30,34)(H,31,35)/t19-/m0/s1.